The summed E-state index contributed by atoms with van der Waals surface area (Å²) in [7, 11) is 3.10. The van der Waals surface area contributed by atoms with E-state index in [4.69, 9.17) is 14.6 Å². The first kappa shape index (κ1) is 16.9. The average Bonchev–Trinajstić information content (AvgIpc) is 2.43. The fourth-order valence-electron chi connectivity index (χ4n) is 1.71. The topological polar surface area (TPSA) is 96.9 Å². The maximum atomic E-state index is 11.7. The van der Waals surface area contributed by atoms with Crippen molar-refractivity contribution in [3.63, 3.8) is 0 Å². The minimum Gasteiger partial charge on any atom is -0.481 e. The minimum atomic E-state index is -0.917. The number of hydrogen-bond donors (Lipinski definition) is 3. The largest absolute Gasteiger partial charge is 0.481 e. The van der Waals surface area contributed by atoms with Gasteiger partial charge < -0.3 is 25.2 Å². The van der Waals surface area contributed by atoms with Gasteiger partial charge in [-0.3, -0.25) is 4.79 Å². The van der Waals surface area contributed by atoms with Crippen LogP contribution in [-0.2, 0) is 20.7 Å². The SMILES string of the molecule is COCC(CNC(=O)Nc1cccc(CC(=O)O)c1)OC. The normalized spacial score (nSPS) is 11.7. The van der Waals surface area contributed by atoms with Crippen molar-refractivity contribution in [2.75, 3.05) is 32.7 Å². The van der Waals surface area contributed by atoms with E-state index in [1.54, 1.807) is 38.5 Å². The van der Waals surface area contributed by atoms with E-state index in [-0.39, 0.29) is 18.6 Å². The van der Waals surface area contributed by atoms with Crippen LogP contribution in [0.1, 0.15) is 5.56 Å². The Balaban J connectivity index is 2.49. The number of benzene rings is 1. The number of anilines is 1. The smallest absolute Gasteiger partial charge is 0.319 e. The van der Waals surface area contributed by atoms with Crippen molar-refractivity contribution in [3.8, 4) is 0 Å². The molecule has 0 fully saturated rings. The van der Waals surface area contributed by atoms with Crippen molar-refractivity contribution in [2.45, 2.75) is 12.5 Å². The number of nitrogens with one attached hydrogen (secondary N) is 2. The van der Waals surface area contributed by atoms with E-state index >= 15 is 0 Å². The van der Waals surface area contributed by atoms with Gasteiger partial charge in [0, 0.05) is 26.5 Å². The summed E-state index contributed by atoms with van der Waals surface area (Å²) in [6, 6.07) is 6.30. The molecule has 1 atom stereocenters. The Morgan fingerprint density at radius 2 is 2.10 bits per heavy atom. The summed E-state index contributed by atoms with van der Waals surface area (Å²) < 4.78 is 10.1. The van der Waals surface area contributed by atoms with Crippen LogP contribution >= 0.6 is 0 Å². The summed E-state index contributed by atoms with van der Waals surface area (Å²) in [4.78, 5) is 22.4. The van der Waals surface area contributed by atoms with Gasteiger partial charge in [-0.25, -0.2) is 4.79 Å². The van der Waals surface area contributed by atoms with E-state index in [9.17, 15) is 9.59 Å². The van der Waals surface area contributed by atoms with E-state index < -0.39 is 5.97 Å². The highest BCUT2D eigenvalue weighted by Gasteiger charge is 2.09. The second kappa shape index (κ2) is 8.93. The Kier molecular flexibility index (Phi) is 7.20. The molecular formula is C14H20N2O5. The highest BCUT2D eigenvalue weighted by molar-refractivity contribution is 5.89. The van der Waals surface area contributed by atoms with Crippen molar-refractivity contribution in [3.05, 3.63) is 29.8 Å². The molecule has 7 heteroatoms. The number of amides is 2. The molecule has 0 bridgehead atoms. The standard InChI is InChI=1S/C14H20N2O5/c1-20-9-12(21-2)8-15-14(19)16-11-5-3-4-10(6-11)7-13(17)18/h3-6,12H,7-9H2,1-2H3,(H,17,18)(H2,15,16,19). The molecule has 1 unspecified atom stereocenters. The highest BCUT2D eigenvalue weighted by atomic mass is 16.5. The van der Waals surface area contributed by atoms with Crippen LogP contribution < -0.4 is 10.6 Å². The lowest BCUT2D eigenvalue weighted by molar-refractivity contribution is -0.136. The van der Waals surface area contributed by atoms with E-state index in [1.807, 2.05) is 0 Å². The van der Waals surface area contributed by atoms with Crippen LogP contribution in [0.3, 0.4) is 0 Å². The monoisotopic (exact) mass is 296 g/mol. The van der Waals surface area contributed by atoms with Gasteiger partial charge in [0.15, 0.2) is 0 Å². The number of rotatable bonds is 8. The summed E-state index contributed by atoms with van der Waals surface area (Å²) in [6.07, 6.45) is -0.310. The number of carbonyl (C=O) groups excluding carboxylic acids is 1. The number of carboxylic acid groups (broad SMARTS) is 1. The van der Waals surface area contributed by atoms with Crippen LogP contribution in [0.25, 0.3) is 0 Å². The summed E-state index contributed by atoms with van der Waals surface area (Å²) >= 11 is 0. The van der Waals surface area contributed by atoms with Crippen molar-refractivity contribution in [1.82, 2.24) is 5.32 Å². The number of methoxy groups -OCH3 is 2. The number of carboxylic acids is 1. The minimum absolute atomic E-state index is 0.0866. The third kappa shape index (κ3) is 6.73. The van der Waals surface area contributed by atoms with Gasteiger partial charge in [-0.2, -0.15) is 0 Å². The lowest BCUT2D eigenvalue weighted by atomic mass is 10.1. The van der Waals surface area contributed by atoms with Crippen LogP contribution in [-0.4, -0.2) is 50.6 Å². The van der Waals surface area contributed by atoms with E-state index in [0.717, 1.165) is 0 Å². The molecule has 0 spiro atoms. The lowest BCUT2D eigenvalue weighted by Gasteiger charge is -2.15. The van der Waals surface area contributed by atoms with Gasteiger partial charge in [-0.1, -0.05) is 12.1 Å². The number of hydrogen-bond acceptors (Lipinski definition) is 4. The highest BCUT2D eigenvalue weighted by Crippen LogP contribution is 2.11. The van der Waals surface area contributed by atoms with Crippen LogP contribution in [0.4, 0.5) is 10.5 Å². The van der Waals surface area contributed by atoms with Gasteiger partial charge in [-0.15, -0.1) is 0 Å². The third-order valence-corrected chi connectivity index (χ3v) is 2.72. The molecule has 0 saturated carbocycles. The van der Waals surface area contributed by atoms with Gasteiger partial charge in [0.1, 0.15) is 0 Å². The van der Waals surface area contributed by atoms with E-state index in [2.05, 4.69) is 10.6 Å². The number of aliphatic carboxylic acids is 1. The van der Waals surface area contributed by atoms with Crippen molar-refractivity contribution < 1.29 is 24.2 Å². The maximum absolute atomic E-state index is 11.7. The van der Waals surface area contributed by atoms with Gasteiger partial charge in [0.2, 0.25) is 0 Å². The molecule has 0 aliphatic rings. The third-order valence-electron chi connectivity index (χ3n) is 2.72. The maximum Gasteiger partial charge on any atom is 0.319 e. The molecular weight excluding hydrogens is 276 g/mol. The van der Waals surface area contributed by atoms with Crippen molar-refractivity contribution >= 4 is 17.7 Å². The van der Waals surface area contributed by atoms with Gasteiger partial charge in [0.25, 0.3) is 0 Å². The molecule has 1 rings (SSSR count). The van der Waals surface area contributed by atoms with E-state index in [1.165, 1.54) is 0 Å². The van der Waals surface area contributed by atoms with Crippen molar-refractivity contribution in [2.24, 2.45) is 0 Å². The predicted molar refractivity (Wildman–Crippen MR) is 77.5 cm³/mol. The van der Waals surface area contributed by atoms with Crippen LogP contribution in [0, 0.1) is 0 Å². The first-order valence-corrected chi connectivity index (χ1v) is 6.42. The number of carbonyl (C=O) groups is 2. The van der Waals surface area contributed by atoms with Crippen LogP contribution in [0.15, 0.2) is 24.3 Å². The molecule has 1 aromatic rings. The quantitative estimate of drug-likeness (QED) is 0.667. The molecule has 2 amide bonds. The molecule has 0 saturated heterocycles. The molecule has 0 aliphatic carbocycles. The number of ether oxygens (including phenoxy) is 2. The zero-order valence-electron chi connectivity index (χ0n) is 12.1. The average molecular weight is 296 g/mol. The molecule has 21 heavy (non-hydrogen) atoms. The summed E-state index contributed by atoms with van der Waals surface area (Å²) in [5.41, 5.74) is 1.15. The zero-order valence-corrected chi connectivity index (χ0v) is 12.1. The first-order valence-electron chi connectivity index (χ1n) is 6.42. The Morgan fingerprint density at radius 3 is 2.71 bits per heavy atom. The number of urea groups is 1. The molecule has 1 aromatic carbocycles. The van der Waals surface area contributed by atoms with Crippen molar-refractivity contribution in [1.29, 1.82) is 0 Å². The second-order valence-corrected chi connectivity index (χ2v) is 4.42. The summed E-state index contributed by atoms with van der Waals surface area (Å²) in [6.45, 7) is 0.690. The Hall–Kier alpha value is -2.12. The predicted octanol–water partition coefficient (Wildman–Crippen LogP) is 1.10. The zero-order chi connectivity index (χ0) is 15.7. The molecule has 0 aromatic heterocycles. The molecule has 0 radical (unpaired) electrons. The fraction of sp³-hybridized carbons (Fsp3) is 0.429. The second-order valence-electron chi connectivity index (χ2n) is 4.42. The Bertz CT molecular complexity index is 478. The molecule has 0 aliphatic heterocycles. The van der Waals surface area contributed by atoms with E-state index in [0.29, 0.717) is 24.4 Å². The molecule has 7 nitrogen and oxygen atoms in total. The van der Waals surface area contributed by atoms with Gasteiger partial charge in [0.05, 0.1) is 19.1 Å². The van der Waals surface area contributed by atoms with Crippen LogP contribution in [0.5, 0.6) is 0 Å². The lowest BCUT2D eigenvalue weighted by Crippen LogP contribution is -2.38. The van der Waals surface area contributed by atoms with Crippen LogP contribution in [0.2, 0.25) is 0 Å². The molecule has 116 valence electrons. The first-order chi connectivity index (χ1) is 10.0. The van der Waals surface area contributed by atoms with Gasteiger partial charge in [-0.05, 0) is 17.7 Å². The van der Waals surface area contributed by atoms with Gasteiger partial charge >= 0.3 is 12.0 Å². The fourth-order valence-corrected chi connectivity index (χ4v) is 1.71. The summed E-state index contributed by atoms with van der Waals surface area (Å²) in [5, 5.41) is 14.0. The molecule has 0 heterocycles. The Morgan fingerprint density at radius 1 is 1.33 bits per heavy atom. The Labute approximate surface area is 123 Å². The molecule has 3 N–H and O–H groups in total. The summed E-state index contributed by atoms with van der Waals surface area (Å²) in [5.74, 6) is -0.917.